The van der Waals surface area contributed by atoms with E-state index >= 15 is 0 Å². The van der Waals surface area contributed by atoms with Gasteiger partial charge < -0.3 is 5.32 Å². The van der Waals surface area contributed by atoms with Crippen LogP contribution in [0.15, 0.2) is 36.4 Å². The van der Waals surface area contributed by atoms with Gasteiger partial charge in [-0.05, 0) is 79.5 Å². The summed E-state index contributed by atoms with van der Waals surface area (Å²) in [4.78, 5) is 2.55. The maximum absolute atomic E-state index is 14.3. The van der Waals surface area contributed by atoms with Crippen molar-refractivity contribution in [3.8, 4) is 17.2 Å². The minimum atomic E-state index is -0.436. The zero-order valence-electron chi connectivity index (χ0n) is 17.5. The van der Waals surface area contributed by atoms with Crippen molar-refractivity contribution in [1.82, 2.24) is 10.2 Å². The Hall–Kier alpha value is -2.22. The Bertz CT molecular complexity index is 928. The van der Waals surface area contributed by atoms with E-state index in [-0.39, 0.29) is 11.1 Å². The smallest absolute Gasteiger partial charge is 0.141 e. The Kier molecular flexibility index (Phi) is 5.72. The quantitative estimate of drug-likeness (QED) is 0.704. The Morgan fingerprint density at radius 1 is 1.28 bits per heavy atom. The SMILES string of the molecule is CCCN[C@]1(C)CCN(Cc2cccc(-c3ccc(C#N)c(F)c3)c2C2CC2)C1. The molecular formula is C25H30FN3. The Morgan fingerprint density at radius 2 is 2.10 bits per heavy atom. The van der Waals surface area contributed by atoms with Gasteiger partial charge in [0, 0.05) is 25.2 Å². The number of hydrogen-bond acceptors (Lipinski definition) is 3. The van der Waals surface area contributed by atoms with Gasteiger partial charge in [0.05, 0.1) is 5.56 Å². The largest absolute Gasteiger partial charge is 0.310 e. The molecule has 1 N–H and O–H groups in total. The van der Waals surface area contributed by atoms with Crippen LogP contribution < -0.4 is 5.32 Å². The highest BCUT2D eigenvalue weighted by molar-refractivity contribution is 5.71. The predicted octanol–water partition coefficient (Wildman–Crippen LogP) is 5.21. The van der Waals surface area contributed by atoms with Crippen LogP contribution >= 0.6 is 0 Å². The van der Waals surface area contributed by atoms with E-state index in [0.717, 1.165) is 43.7 Å². The van der Waals surface area contributed by atoms with Crippen molar-refractivity contribution >= 4 is 0 Å². The molecular weight excluding hydrogens is 361 g/mol. The molecule has 0 spiro atoms. The number of likely N-dealkylation sites (tertiary alicyclic amines) is 1. The summed E-state index contributed by atoms with van der Waals surface area (Å²) in [5.41, 5.74) is 5.06. The van der Waals surface area contributed by atoms with Crippen LogP contribution in [0.4, 0.5) is 4.39 Å². The van der Waals surface area contributed by atoms with Gasteiger partial charge in [-0.2, -0.15) is 5.26 Å². The van der Waals surface area contributed by atoms with Crippen LogP contribution in [0.5, 0.6) is 0 Å². The molecule has 0 radical (unpaired) electrons. The van der Waals surface area contributed by atoms with Gasteiger partial charge in [-0.1, -0.05) is 31.2 Å². The van der Waals surface area contributed by atoms with E-state index in [4.69, 9.17) is 5.26 Å². The lowest BCUT2D eigenvalue weighted by molar-refractivity contribution is 0.286. The fourth-order valence-electron chi connectivity index (χ4n) is 4.63. The van der Waals surface area contributed by atoms with Gasteiger partial charge in [-0.3, -0.25) is 4.90 Å². The number of benzene rings is 2. The average Bonchev–Trinajstić information content (AvgIpc) is 3.49. The van der Waals surface area contributed by atoms with Crippen LogP contribution in [0, 0.1) is 17.1 Å². The fourth-order valence-corrected chi connectivity index (χ4v) is 4.63. The summed E-state index contributed by atoms with van der Waals surface area (Å²) >= 11 is 0. The summed E-state index contributed by atoms with van der Waals surface area (Å²) in [6, 6.07) is 13.4. The van der Waals surface area contributed by atoms with Crippen LogP contribution in [-0.4, -0.2) is 30.1 Å². The van der Waals surface area contributed by atoms with Gasteiger partial charge in [-0.25, -0.2) is 4.39 Å². The topological polar surface area (TPSA) is 39.1 Å². The minimum Gasteiger partial charge on any atom is -0.310 e. The molecule has 0 aromatic heterocycles. The summed E-state index contributed by atoms with van der Waals surface area (Å²) in [6.07, 6.45) is 4.74. The predicted molar refractivity (Wildman–Crippen MR) is 115 cm³/mol. The summed E-state index contributed by atoms with van der Waals surface area (Å²) in [6.45, 7) is 8.72. The maximum atomic E-state index is 14.3. The molecule has 4 heteroatoms. The Balaban J connectivity index is 1.60. The number of halogens is 1. The van der Waals surface area contributed by atoms with E-state index in [0.29, 0.717) is 5.92 Å². The third-order valence-electron chi connectivity index (χ3n) is 6.33. The van der Waals surface area contributed by atoms with Crippen LogP contribution in [-0.2, 0) is 6.54 Å². The second-order valence-corrected chi connectivity index (χ2v) is 8.91. The molecule has 1 heterocycles. The standard InChI is InChI=1S/C25H30FN3/c1-3-12-28-25(2)11-13-29(17-25)16-21-5-4-6-22(24(21)18-7-8-18)19-9-10-20(15-27)23(26)14-19/h4-6,9-10,14,18,28H,3,7-8,11-13,16-17H2,1-2H3/t25-/m1/s1. The molecule has 0 unspecified atom stereocenters. The molecule has 2 aromatic carbocycles. The zero-order chi connectivity index (χ0) is 20.4. The molecule has 2 fully saturated rings. The monoisotopic (exact) mass is 391 g/mol. The second-order valence-electron chi connectivity index (χ2n) is 8.91. The lowest BCUT2D eigenvalue weighted by Gasteiger charge is -2.27. The molecule has 1 aliphatic heterocycles. The van der Waals surface area contributed by atoms with Crippen LogP contribution in [0.1, 0.15) is 62.1 Å². The average molecular weight is 392 g/mol. The summed E-state index contributed by atoms with van der Waals surface area (Å²) in [5.74, 6) is 0.140. The summed E-state index contributed by atoms with van der Waals surface area (Å²) in [7, 11) is 0. The number of nitrogens with one attached hydrogen (secondary N) is 1. The number of nitrogens with zero attached hydrogens (tertiary/aromatic N) is 2. The van der Waals surface area contributed by atoms with E-state index < -0.39 is 5.82 Å². The van der Waals surface area contributed by atoms with Gasteiger partial charge >= 0.3 is 0 Å². The van der Waals surface area contributed by atoms with Crippen molar-refractivity contribution in [3.05, 3.63) is 58.9 Å². The first-order valence-electron chi connectivity index (χ1n) is 10.8. The molecule has 1 saturated carbocycles. The third kappa shape index (κ3) is 4.37. The number of nitriles is 1. The van der Waals surface area contributed by atoms with Crippen LogP contribution in [0.2, 0.25) is 0 Å². The van der Waals surface area contributed by atoms with Crippen molar-refractivity contribution in [2.24, 2.45) is 0 Å². The fraction of sp³-hybridized carbons (Fsp3) is 0.480. The van der Waals surface area contributed by atoms with Crippen molar-refractivity contribution in [2.45, 2.75) is 57.5 Å². The lowest BCUT2D eigenvalue weighted by atomic mass is 9.91. The van der Waals surface area contributed by atoms with E-state index in [2.05, 4.69) is 42.3 Å². The molecule has 0 amide bonds. The van der Waals surface area contributed by atoms with Gasteiger partial charge in [-0.15, -0.1) is 0 Å². The maximum Gasteiger partial charge on any atom is 0.141 e. The molecule has 2 aromatic rings. The van der Waals surface area contributed by atoms with Crippen molar-refractivity contribution < 1.29 is 4.39 Å². The molecule has 3 nitrogen and oxygen atoms in total. The highest BCUT2D eigenvalue weighted by Crippen LogP contribution is 2.46. The second kappa shape index (κ2) is 8.26. The van der Waals surface area contributed by atoms with E-state index in [9.17, 15) is 4.39 Å². The molecule has 1 saturated heterocycles. The van der Waals surface area contributed by atoms with Gasteiger partial charge in [0.1, 0.15) is 11.9 Å². The first-order chi connectivity index (χ1) is 14.0. The molecule has 0 bridgehead atoms. The molecule has 1 aliphatic carbocycles. The highest BCUT2D eigenvalue weighted by atomic mass is 19.1. The highest BCUT2D eigenvalue weighted by Gasteiger charge is 2.34. The Morgan fingerprint density at radius 3 is 2.79 bits per heavy atom. The van der Waals surface area contributed by atoms with Crippen molar-refractivity contribution in [3.63, 3.8) is 0 Å². The van der Waals surface area contributed by atoms with Gasteiger partial charge in [0.15, 0.2) is 0 Å². The first-order valence-corrected chi connectivity index (χ1v) is 10.8. The number of rotatable bonds is 7. The van der Waals surface area contributed by atoms with E-state index in [1.165, 1.54) is 36.5 Å². The zero-order valence-corrected chi connectivity index (χ0v) is 17.5. The lowest BCUT2D eigenvalue weighted by Crippen LogP contribution is -2.44. The van der Waals surface area contributed by atoms with Crippen molar-refractivity contribution in [2.75, 3.05) is 19.6 Å². The molecule has 152 valence electrons. The van der Waals surface area contributed by atoms with Crippen molar-refractivity contribution in [1.29, 1.82) is 5.26 Å². The summed E-state index contributed by atoms with van der Waals surface area (Å²) in [5, 5.41) is 12.7. The van der Waals surface area contributed by atoms with E-state index in [1.54, 1.807) is 6.07 Å². The van der Waals surface area contributed by atoms with Gasteiger partial charge in [0.25, 0.3) is 0 Å². The third-order valence-corrected chi connectivity index (χ3v) is 6.33. The molecule has 29 heavy (non-hydrogen) atoms. The summed E-state index contributed by atoms with van der Waals surface area (Å²) < 4.78 is 14.3. The van der Waals surface area contributed by atoms with Gasteiger partial charge in [0.2, 0.25) is 0 Å². The van der Waals surface area contributed by atoms with Crippen LogP contribution in [0.25, 0.3) is 11.1 Å². The van der Waals surface area contributed by atoms with E-state index in [1.807, 2.05) is 12.1 Å². The van der Waals surface area contributed by atoms with Crippen LogP contribution in [0.3, 0.4) is 0 Å². The molecule has 1 atom stereocenters. The Labute approximate surface area is 173 Å². The molecule has 4 rings (SSSR count). The normalized spacial score (nSPS) is 22.0. The first kappa shape index (κ1) is 20.1. The number of hydrogen-bond donors (Lipinski definition) is 1. The molecule has 2 aliphatic rings. The minimum absolute atomic E-state index is 0.105.